The fourth-order valence-corrected chi connectivity index (χ4v) is 3.97. The third kappa shape index (κ3) is 5.33. The van der Waals surface area contributed by atoms with E-state index >= 15 is 0 Å². The van der Waals surface area contributed by atoms with Gasteiger partial charge in [-0.05, 0) is 42.4 Å². The van der Waals surface area contributed by atoms with Gasteiger partial charge in [0, 0.05) is 0 Å². The van der Waals surface area contributed by atoms with E-state index in [2.05, 4.69) is 34.6 Å². The Morgan fingerprint density at radius 1 is 1.06 bits per heavy atom. The zero-order chi connectivity index (χ0) is 13.5. The van der Waals surface area contributed by atoms with E-state index in [0.717, 1.165) is 29.6 Å². The zero-order valence-electron chi connectivity index (χ0n) is 13.5. The van der Waals surface area contributed by atoms with Crippen molar-refractivity contribution in [3.05, 3.63) is 0 Å². The second-order valence-electron chi connectivity index (χ2n) is 7.35. The van der Waals surface area contributed by atoms with Gasteiger partial charge in [-0.1, -0.05) is 73.1 Å². The molecule has 0 bridgehead atoms. The molecule has 1 rings (SSSR count). The van der Waals surface area contributed by atoms with Crippen LogP contribution in [0.25, 0.3) is 0 Å². The highest BCUT2D eigenvalue weighted by atomic mass is 14.3. The van der Waals surface area contributed by atoms with Crippen LogP contribution in [0.2, 0.25) is 0 Å². The Morgan fingerprint density at radius 3 is 2.39 bits per heavy atom. The quantitative estimate of drug-likeness (QED) is 0.550. The minimum atomic E-state index is 0.933. The van der Waals surface area contributed by atoms with Gasteiger partial charge in [0.2, 0.25) is 0 Å². The number of rotatable bonds is 4. The van der Waals surface area contributed by atoms with Crippen molar-refractivity contribution in [3.8, 4) is 0 Å². The molecule has 5 unspecified atom stereocenters. The number of hydrogen-bond acceptors (Lipinski definition) is 0. The van der Waals surface area contributed by atoms with E-state index in [-0.39, 0.29) is 0 Å². The fourth-order valence-electron chi connectivity index (χ4n) is 3.97. The maximum absolute atomic E-state index is 2.53. The van der Waals surface area contributed by atoms with Gasteiger partial charge in [0.05, 0.1) is 0 Å². The monoisotopic (exact) mass is 252 g/mol. The minimum absolute atomic E-state index is 0.933. The van der Waals surface area contributed by atoms with Crippen molar-refractivity contribution in [2.45, 2.75) is 86.0 Å². The molecular weight excluding hydrogens is 216 g/mol. The van der Waals surface area contributed by atoms with E-state index < -0.39 is 0 Å². The van der Waals surface area contributed by atoms with Crippen LogP contribution in [0, 0.1) is 29.6 Å². The van der Waals surface area contributed by atoms with Gasteiger partial charge >= 0.3 is 0 Å². The average Bonchev–Trinajstić information content (AvgIpc) is 2.36. The van der Waals surface area contributed by atoms with Crippen LogP contribution >= 0.6 is 0 Å². The predicted molar refractivity (Wildman–Crippen MR) is 82.8 cm³/mol. The summed E-state index contributed by atoms with van der Waals surface area (Å²) in [6.07, 6.45) is 11.6. The molecule has 0 heterocycles. The molecule has 0 aromatic rings. The Kier molecular flexibility index (Phi) is 7.34. The van der Waals surface area contributed by atoms with Gasteiger partial charge in [0.1, 0.15) is 0 Å². The molecule has 108 valence electrons. The highest BCUT2D eigenvalue weighted by molar-refractivity contribution is 4.77. The van der Waals surface area contributed by atoms with Crippen LogP contribution in [-0.2, 0) is 0 Å². The lowest BCUT2D eigenvalue weighted by Crippen LogP contribution is -2.22. The van der Waals surface area contributed by atoms with E-state index in [1.54, 1.807) is 0 Å². The molecule has 0 radical (unpaired) electrons. The van der Waals surface area contributed by atoms with Crippen molar-refractivity contribution in [2.24, 2.45) is 29.6 Å². The Bertz CT molecular complexity index is 208. The van der Waals surface area contributed by atoms with Crippen molar-refractivity contribution in [3.63, 3.8) is 0 Å². The van der Waals surface area contributed by atoms with Crippen LogP contribution < -0.4 is 0 Å². The largest absolute Gasteiger partial charge is 0.0654 e. The van der Waals surface area contributed by atoms with Crippen molar-refractivity contribution < 1.29 is 0 Å². The van der Waals surface area contributed by atoms with Crippen molar-refractivity contribution in [2.75, 3.05) is 0 Å². The molecule has 1 aliphatic rings. The van der Waals surface area contributed by atoms with Gasteiger partial charge in [0.25, 0.3) is 0 Å². The summed E-state index contributed by atoms with van der Waals surface area (Å²) in [5.74, 6) is 4.74. The van der Waals surface area contributed by atoms with Crippen LogP contribution in [0.5, 0.6) is 0 Å². The summed E-state index contributed by atoms with van der Waals surface area (Å²) in [6.45, 7) is 12.3. The van der Waals surface area contributed by atoms with Crippen LogP contribution in [0.4, 0.5) is 0 Å². The summed E-state index contributed by atoms with van der Waals surface area (Å²) < 4.78 is 0. The lowest BCUT2D eigenvalue weighted by molar-refractivity contribution is 0.187. The van der Waals surface area contributed by atoms with Gasteiger partial charge in [0.15, 0.2) is 0 Å². The molecular formula is C18H36. The van der Waals surface area contributed by atoms with Gasteiger partial charge in [-0.15, -0.1) is 0 Å². The molecule has 0 aliphatic heterocycles. The van der Waals surface area contributed by atoms with Gasteiger partial charge in [-0.25, -0.2) is 0 Å². The molecule has 1 fully saturated rings. The normalized spacial score (nSPS) is 36.5. The highest BCUT2D eigenvalue weighted by Gasteiger charge is 2.26. The standard InChI is InChI=1S/C18H36/c1-6-9-14(2)12-18-13-15(3)10-7-8-11-16(4)17(18)5/h14-18H,6-13H2,1-5H3. The molecule has 0 heteroatoms. The van der Waals surface area contributed by atoms with Crippen LogP contribution in [0.15, 0.2) is 0 Å². The molecule has 0 saturated heterocycles. The summed E-state index contributed by atoms with van der Waals surface area (Å²) in [4.78, 5) is 0. The summed E-state index contributed by atoms with van der Waals surface area (Å²) >= 11 is 0. The first-order valence-corrected chi connectivity index (χ1v) is 8.54. The van der Waals surface area contributed by atoms with Crippen LogP contribution in [-0.4, -0.2) is 0 Å². The van der Waals surface area contributed by atoms with Crippen molar-refractivity contribution >= 4 is 0 Å². The summed E-state index contributed by atoms with van der Waals surface area (Å²) in [7, 11) is 0. The average molecular weight is 252 g/mol. The van der Waals surface area contributed by atoms with E-state index in [4.69, 9.17) is 0 Å². The molecule has 0 spiro atoms. The predicted octanol–water partition coefficient (Wildman–Crippen LogP) is 6.30. The van der Waals surface area contributed by atoms with E-state index in [1.165, 1.54) is 51.4 Å². The molecule has 5 atom stereocenters. The molecule has 0 N–H and O–H groups in total. The Labute approximate surface area is 116 Å². The van der Waals surface area contributed by atoms with E-state index in [1.807, 2.05) is 0 Å². The van der Waals surface area contributed by atoms with Gasteiger partial charge < -0.3 is 0 Å². The first kappa shape index (κ1) is 16.1. The first-order valence-electron chi connectivity index (χ1n) is 8.54. The Morgan fingerprint density at radius 2 is 1.72 bits per heavy atom. The van der Waals surface area contributed by atoms with Crippen molar-refractivity contribution in [1.82, 2.24) is 0 Å². The lowest BCUT2D eigenvalue weighted by Gasteiger charge is -2.31. The molecule has 0 aromatic carbocycles. The smallest absolute Gasteiger partial charge is 0.0381 e. The SMILES string of the molecule is CCCC(C)CC1CC(C)CCCCC(C)C1C. The topological polar surface area (TPSA) is 0 Å². The van der Waals surface area contributed by atoms with Crippen LogP contribution in [0.3, 0.4) is 0 Å². The minimum Gasteiger partial charge on any atom is -0.0654 e. The second-order valence-corrected chi connectivity index (χ2v) is 7.35. The maximum Gasteiger partial charge on any atom is -0.0381 e. The summed E-state index contributed by atoms with van der Waals surface area (Å²) in [6, 6.07) is 0. The van der Waals surface area contributed by atoms with E-state index in [9.17, 15) is 0 Å². The molecule has 1 saturated carbocycles. The number of hydrogen-bond donors (Lipinski definition) is 0. The summed E-state index contributed by atoms with van der Waals surface area (Å²) in [5.41, 5.74) is 0. The molecule has 0 nitrogen and oxygen atoms in total. The Hall–Kier alpha value is 0. The van der Waals surface area contributed by atoms with Gasteiger partial charge in [-0.3, -0.25) is 0 Å². The lowest BCUT2D eigenvalue weighted by atomic mass is 9.74. The maximum atomic E-state index is 2.53. The third-order valence-corrected chi connectivity index (χ3v) is 5.44. The summed E-state index contributed by atoms with van der Waals surface area (Å²) in [5, 5.41) is 0. The third-order valence-electron chi connectivity index (χ3n) is 5.44. The van der Waals surface area contributed by atoms with Crippen LogP contribution in [0.1, 0.15) is 86.0 Å². The Balaban J connectivity index is 2.61. The van der Waals surface area contributed by atoms with Gasteiger partial charge in [-0.2, -0.15) is 0 Å². The highest BCUT2D eigenvalue weighted by Crippen LogP contribution is 2.37. The first-order chi connectivity index (χ1) is 8.54. The zero-order valence-corrected chi connectivity index (χ0v) is 13.5. The molecule has 0 amide bonds. The van der Waals surface area contributed by atoms with E-state index in [0.29, 0.717) is 0 Å². The molecule has 1 aliphatic carbocycles. The fraction of sp³-hybridized carbons (Fsp3) is 1.00. The molecule has 18 heavy (non-hydrogen) atoms. The second kappa shape index (κ2) is 8.23. The molecule has 0 aromatic heterocycles. The van der Waals surface area contributed by atoms with Crippen molar-refractivity contribution in [1.29, 1.82) is 0 Å².